The zero-order chi connectivity index (χ0) is 9.78. The van der Waals surface area contributed by atoms with Gasteiger partial charge in [-0.05, 0) is 6.42 Å². The fourth-order valence-corrected chi connectivity index (χ4v) is 1.40. The summed E-state index contributed by atoms with van der Waals surface area (Å²) in [6.45, 7) is 6.61. The van der Waals surface area contributed by atoms with E-state index in [1.54, 1.807) is 0 Å². The second kappa shape index (κ2) is 11.5. The second-order valence-electron chi connectivity index (χ2n) is 3.51. The normalized spacial score (nSPS) is 9.92. The van der Waals surface area contributed by atoms with Crippen LogP contribution in [0.15, 0.2) is 12.8 Å². The molecule has 0 aliphatic rings. The van der Waals surface area contributed by atoms with E-state index in [1.807, 2.05) is 0 Å². The molecule has 0 radical (unpaired) electrons. The first-order chi connectivity index (χ1) is 6.41. The Labute approximate surface area is 83.2 Å². The highest BCUT2D eigenvalue weighted by Gasteiger charge is 1.90. The molecule has 0 unspecified atom stereocenters. The molecular weight excluding hydrogens is 160 g/mol. The topological polar surface area (TPSA) is 9.23 Å². The van der Waals surface area contributed by atoms with E-state index in [4.69, 9.17) is 4.74 Å². The van der Waals surface area contributed by atoms with Crippen LogP contribution in [0.2, 0.25) is 0 Å². The van der Waals surface area contributed by atoms with E-state index in [2.05, 4.69) is 13.5 Å². The van der Waals surface area contributed by atoms with Crippen molar-refractivity contribution in [1.82, 2.24) is 0 Å². The van der Waals surface area contributed by atoms with Gasteiger partial charge in [0.25, 0.3) is 0 Å². The van der Waals surface area contributed by atoms with E-state index in [0.717, 1.165) is 6.61 Å². The van der Waals surface area contributed by atoms with Crippen molar-refractivity contribution in [3.63, 3.8) is 0 Å². The third-order valence-corrected chi connectivity index (χ3v) is 2.23. The monoisotopic (exact) mass is 184 g/mol. The van der Waals surface area contributed by atoms with Gasteiger partial charge in [-0.3, -0.25) is 0 Å². The minimum absolute atomic E-state index is 0.846. The first-order valence-electron chi connectivity index (χ1n) is 5.64. The zero-order valence-corrected chi connectivity index (χ0v) is 9.06. The maximum atomic E-state index is 5.04. The van der Waals surface area contributed by atoms with Crippen molar-refractivity contribution in [1.29, 1.82) is 0 Å². The van der Waals surface area contributed by atoms with Crippen molar-refractivity contribution in [3.05, 3.63) is 12.8 Å². The minimum atomic E-state index is 0.846. The molecule has 0 fully saturated rings. The lowest BCUT2D eigenvalue weighted by Crippen LogP contribution is -1.87. The Morgan fingerprint density at radius 1 is 0.923 bits per heavy atom. The number of unbranched alkanes of at least 4 members (excludes halogenated alkanes) is 7. The van der Waals surface area contributed by atoms with Crippen LogP contribution in [0, 0.1) is 0 Å². The molecule has 0 aliphatic heterocycles. The predicted octanol–water partition coefficient (Wildman–Crippen LogP) is 4.29. The molecule has 0 aliphatic carbocycles. The van der Waals surface area contributed by atoms with Gasteiger partial charge in [0.1, 0.15) is 0 Å². The summed E-state index contributed by atoms with van der Waals surface area (Å²) in [6, 6.07) is 0. The molecule has 78 valence electrons. The van der Waals surface area contributed by atoms with Gasteiger partial charge < -0.3 is 4.74 Å². The summed E-state index contributed by atoms with van der Waals surface area (Å²) in [5.41, 5.74) is 0. The Hall–Kier alpha value is -0.460. The van der Waals surface area contributed by atoms with Crippen LogP contribution < -0.4 is 0 Å². The molecule has 0 saturated carbocycles. The zero-order valence-electron chi connectivity index (χ0n) is 9.06. The summed E-state index contributed by atoms with van der Waals surface area (Å²) < 4.78 is 5.04. The summed E-state index contributed by atoms with van der Waals surface area (Å²) in [7, 11) is 0. The lowest BCUT2D eigenvalue weighted by Gasteiger charge is -2.01. The summed E-state index contributed by atoms with van der Waals surface area (Å²) >= 11 is 0. The molecule has 0 aromatic heterocycles. The largest absolute Gasteiger partial charge is 0.502 e. The van der Waals surface area contributed by atoms with Gasteiger partial charge >= 0.3 is 0 Å². The van der Waals surface area contributed by atoms with Crippen LogP contribution in [0.25, 0.3) is 0 Å². The fourth-order valence-electron chi connectivity index (χ4n) is 1.40. The molecule has 0 heterocycles. The Kier molecular flexibility index (Phi) is 11.1. The van der Waals surface area contributed by atoms with Gasteiger partial charge in [-0.1, -0.05) is 58.4 Å². The molecule has 0 spiro atoms. The van der Waals surface area contributed by atoms with Crippen LogP contribution in [-0.4, -0.2) is 6.61 Å². The Morgan fingerprint density at radius 3 is 2.00 bits per heavy atom. The van der Waals surface area contributed by atoms with Crippen LogP contribution in [0.1, 0.15) is 58.3 Å². The molecule has 0 amide bonds. The average Bonchev–Trinajstić information content (AvgIpc) is 2.16. The van der Waals surface area contributed by atoms with Crippen molar-refractivity contribution >= 4 is 0 Å². The molecule has 0 N–H and O–H groups in total. The Morgan fingerprint density at radius 2 is 1.46 bits per heavy atom. The summed E-state index contributed by atoms with van der Waals surface area (Å²) in [6.07, 6.45) is 12.3. The minimum Gasteiger partial charge on any atom is -0.502 e. The SMILES string of the molecule is C=COCCCCCCCCCC. The quantitative estimate of drug-likeness (QED) is 0.363. The van der Waals surface area contributed by atoms with Crippen molar-refractivity contribution in [2.24, 2.45) is 0 Å². The highest BCUT2D eigenvalue weighted by atomic mass is 16.5. The maximum Gasteiger partial charge on any atom is 0.0873 e. The second-order valence-corrected chi connectivity index (χ2v) is 3.51. The molecule has 0 aromatic carbocycles. The van der Waals surface area contributed by atoms with Gasteiger partial charge in [0, 0.05) is 0 Å². The highest BCUT2D eigenvalue weighted by molar-refractivity contribution is 4.50. The predicted molar refractivity (Wildman–Crippen MR) is 58.8 cm³/mol. The number of ether oxygens (including phenoxy) is 1. The lowest BCUT2D eigenvalue weighted by molar-refractivity contribution is 0.241. The van der Waals surface area contributed by atoms with Gasteiger partial charge in [-0.2, -0.15) is 0 Å². The first kappa shape index (κ1) is 12.5. The van der Waals surface area contributed by atoms with E-state index < -0.39 is 0 Å². The van der Waals surface area contributed by atoms with Crippen molar-refractivity contribution in [2.75, 3.05) is 6.61 Å². The Balaban J connectivity index is 2.79. The van der Waals surface area contributed by atoms with Crippen molar-refractivity contribution < 1.29 is 4.74 Å². The van der Waals surface area contributed by atoms with Gasteiger partial charge in [0.05, 0.1) is 12.9 Å². The maximum absolute atomic E-state index is 5.04. The molecule has 0 aromatic rings. The van der Waals surface area contributed by atoms with E-state index in [1.165, 1.54) is 57.6 Å². The molecule has 0 bridgehead atoms. The smallest absolute Gasteiger partial charge is 0.0873 e. The molecule has 0 atom stereocenters. The lowest BCUT2D eigenvalue weighted by atomic mass is 10.1. The van der Waals surface area contributed by atoms with Crippen LogP contribution in [0.3, 0.4) is 0 Å². The number of hydrogen-bond acceptors (Lipinski definition) is 1. The van der Waals surface area contributed by atoms with E-state index in [-0.39, 0.29) is 0 Å². The van der Waals surface area contributed by atoms with Crippen molar-refractivity contribution in [2.45, 2.75) is 58.3 Å². The molecule has 0 rings (SSSR count). The van der Waals surface area contributed by atoms with Crippen LogP contribution in [-0.2, 0) is 4.74 Å². The summed E-state index contributed by atoms with van der Waals surface area (Å²) in [4.78, 5) is 0. The molecular formula is C12H24O. The van der Waals surface area contributed by atoms with Gasteiger partial charge in [-0.15, -0.1) is 0 Å². The number of hydrogen-bond donors (Lipinski definition) is 0. The molecule has 1 heteroatoms. The van der Waals surface area contributed by atoms with Crippen LogP contribution >= 0.6 is 0 Å². The van der Waals surface area contributed by atoms with Gasteiger partial charge in [0.2, 0.25) is 0 Å². The standard InChI is InChI=1S/C12H24O/c1-3-5-6-7-8-9-10-11-12-13-4-2/h4H,2-3,5-12H2,1H3. The highest BCUT2D eigenvalue weighted by Crippen LogP contribution is 2.08. The Bertz CT molecular complexity index is 99.3. The fraction of sp³-hybridized carbons (Fsp3) is 0.833. The van der Waals surface area contributed by atoms with E-state index >= 15 is 0 Å². The van der Waals surface area contributed by atoms with Crippen LogP contribution in [0.4, 0.5) is 0 Å². The van der Waals surface area contributed by atoms with Crippen LogP contribution in [0.5, 0.6) is 0 Å². The first-order valence-corrected chi connectivity index (χ1v) is 5.64. The summed E-state index contributed by atoms with van der Waals surface area (Å²) in [5.74, 6) is 0. The number of rotatable bonds is 10. The van der Waals surface area contributed by atoms with Crippen molar-refractivity contribution in [3.8, 4) is 0 Å². The molecule has 0 saturated heterocycles. The molecule has 13 heavy (non-hydrogen) atoms. The third kappa shape index (κ3) is 11.5. The van der Waals surface area contributed by atoms with E-state index in [9.17, 15) is 0 Å². The molecule has 1 nitrogen and oxygen atoms in total. The third-order valence-electron chi connectivity index (χ3n) is 2.23. The van der Waals surface area contributed by atoms with Gasteiger partial charge in [0.15, 0.2) is 0 Å². The van der Waals surface area contributed by atoms with Gasteiger partial charge in [-0.25, -0.2) is 0 Å². The average molecular weight is 184 g/mol. The van der Waals surface area contributed by atoms with E-state index in [0.29, 0.717) is 0 Å². The summed E-state index contributed by atoms with van der Waals surface area (Å²) in [5, 5.41) is 0.